The fourth-order valence-electron chi connectivity index (χ4n) is 2.34. The van der Waals surface area contributed by atoms with E-state index in [4.69, 9.17) is 17.3 Å². The summed E-state index contributed by atoms with van der Waals surface area (Å²) in [5.74, 6) is 0. The first kappa shape index (κ1) is 11.6. The van der Waals surface area contributed by atoms with Gasteiger partial charge in [-0.05, 0) is 32.0 Å². The Labute approximate surface area is 102 Å². The van der Waals surface area contributed by atoms with Gasteiger partial charge in [0.1, 0.15) is 0 Å². The van der Waals surface area contributed by atoms with Crippen molar-refractivity contribution in [3.05, 3.63) is 23.2 Å². The first-order chi connectivity index (χ1) is 7.56. The van der Waals surface area contributed by atoms with Gasteiger partial charge in [-0.3, -0.25) is 0 Å². The van der Waals surface area contributed by atoms with Gasteiger partial charge < -0.3 is 16.0 Å². The van der Waals surface area contributed by atoms with Gasteiger partial charge in [0.15, 0.2) is 0 Å². The highest BCUT2D eigenvalue weighted by Gasteiger charge is 2.22. The van der Waals surface area contributed by atoms with Crippen molar-refractivity contribution in [2.45, 2.75) is 25.9 Å². The van der Waals surface area contributed by atoms with E-state index < -0.39 is 0 Å². The number of piperazine rings is 1. The SMILES string of the molecule is C[C@@H]1CN(c2ccc(Cl)cc2N)C[C@H](C)N1. The number of halogens is 1. The van der Waals surface area contributed by atoms with Crippen molar-refractivity contribution in [1.29, 1.82) is 0 Å². The molecule has 16 heavy (non-hydrogen) atoms. The minimum Gasteiger partial charge on any atom is -0.397 e. The standard InChI is InChI=1S/C12H18ClN3/c1-8-6-16(7-9(2)15-8)12-4-3-10(13)5-11(12)14/h3-5,8-9,15H,6-7,14H2,1-2H3/t8-,9+. The van der Waals surface area contributed by atoms with Crippen molar-refractivity contribution in [3.63, 3.8) is 0 Å². The zero-order valence-corrected chi connectivity index (χ0v) is 10.5. The molecule has 4 heteroatoms. The Morgan fingerprint density at radius 3 is 2.50 bits per heavy atom. The summed E-state index contributed by atoms with van der Waals surface area (Å²) in [6.45, 7) is 6.34. The molecule has 0 unspecified atom stereocenters. The van der Waals surface area contributed by atoms with Gasteiger partial charge in [-0.2, -0.15) is 0 Å². The Bertz CT molecular complexity index is 371. The molecule has 2 rings (SSSR count). The van der Waals surface area contributed by atoms with Crippen LogP contribution < -0.4 is 16.0 Å². The Morgan fingerprint density at radius 2 is 1.94 bits per heavy atom. The summed E-state index contributed by atoms with van der Waals surface area (Å²) >= 11 is 5.90. The maximum atomic E-state index is 6.00. The summed E-state index contributed by atoms with van der Waals surface area (Å²) in [4.78, 5) is 2.32. The predicted molar refractivity (Wildman–Crippen MR) is 70.1 cm³/mol. The molecular weight excluding hydrogens is 222 g/mol. The van der Waals surface area contributed by atoms with Crippen LogP contribution in [0.4, 0.5) is 11.4 Å². The lowest BCUT2D eigenvalue weighted by Crippen LogP contribution is -2.54. The fourth-order valence-corrected chi connectivity index (χ4v) is 2.52. The molecule has 1 saturated heterocycles. The molecule has 88 valence electrons. The van der Waals surface area contributed by atoms with Crippen LogP contribution in [0, 0.1) is 0 Å². The van der Waals surface area contributed by atoms with Crippen molar-refractivity contribution in [3.8, 4) is 0 Å². The van der Waals surface area contributed by atoms with E-state index in [1.807, 2.05) is 18.2 Å². The van der Waals surface area contributed by atoms with Crippen LogP contribution in [-0.2, 0) is 0 Å². The van der Waals surface area contributed by atoms with Crippen LogP contribution in [0.5, 0.6) is 0 Å². The molecule has 0 aromatic heterocycles. The normalized spacial score (nSPS) is 25.8. The first-order valence-electron chi connectivity index (χ1n) is 5.62. The van der Waals surface area contributed by atoms with Gasteiger partial charge in [0.05, 0.1) is 11.4 Å². The van der Waals surface area contributed by atoms with Crippen molar-refractivity contribution in [1.82, 2.24) is 5.32 Å². The molecule has 1 aliphatic rings. The number of nitrogen functional groups attached to an aromatic ring is 1. The van der Waals surface area contributed by atoms with Gasteiger partial charge in [-0.1, -0.05) is 11.6 Å². The van der Waals surface area contributed by atoms with E-state index in [0.29, 0.717) is 17.1 Å². The van der Waals surface area contributed by atoms with Crippen LogP contribution in [0.3, 0.4) is 0 Å². The van der Waals surface area contributed by atoms with E-state index in [2.05, 4.69) is 24.1 Å². The molecule has 1 heterocycles. The molecule has 1 aliphatic heterocycles. The third kappa shape index (κ3) is 2.42. The number of anilines is 2. The van der Waals surface area contributed by atoms with Crippen LogP contribution in [0.1, 0.15) is 13.8 Å². The van der Waals surface area contributed by atoms with E-state index in [1.165, 1.54) is 0 Å². The predicted octanol–water partition coefficient (Wildman–Crippen LogP) is 2.11. The maximum absolute atomic E-state index is 6.00. The topological polar surface area (TPSA) is 41.3 Å². The molecule has 0 spiro atoms. The van der Waals surface area contributed by atoms with Gasteiger partial charge >= 0.3 is 0 Å². The van der Waals surface area contributed by atoms with Gasteiger partial charge in [0.25, 0.3) is 0 Å². The van der Waals surface area contributed by atoms with Crippen molar-refractivity contribution < 1.29 is 0 Å². The number of nitrogens with zero attached hydrogens (tertiary/aromatic N) is 1. The summed E-state index contributed by atoms with van der Waals surface area (Å²) < 4.78 is 0. The highest BCUT2D eigenvalue weighted by molar-refractivity contribution is 6.31. The second-order valence-corrected chi connectivity index (χ2v) is 5.01. The van der Waals surface area contributed by atoms with Crippen LogP contribution in [-0.4, -0.2) is 25.2 Å². The molecule has 0 aliphatic carbocycles. The molecule has 0 radical (unpaired) electrons. The molecular formula is C12H18ClN3. The molecule has 0 saturated carbocycles. The second kappa shape index (κ2) is 4.52. The summed E-state index contributed by atoms with van der Waals surface area (Å²) in [5.41, 5.74) is 7.84. The minimum atomic E-state index is 0.485. The van der Waals surface area contributed by atoms with E-state index >= 15 is 0 Å². The lowest BCUT2D eigenvalue weighted by Gasteiger charge is -2.38. The quantitative estimate of drug-likeness (QED) is 0.738. The number of nitrogens with one attached hydrogen (secondary N) is 1. The fraction of sp³-hybridized carbons (Fsp3) is 0.500. The molecule has 3 nitrogen and oxygen atoms in total. The summed E-state index contributed by atoms with van der Waals surface area (Å²) in [6, 6.07) is 6.68. The van der Waals surface area contributed by atoms with Crippen molar-refractivity contribution in [2.24, 2.45) is 0 Å². The van der Waals surface area contributed by atoms with Crippen LogP contribution in [0.25, 0.3) is 0 Å². The minimum absolute atomic E-state index is 0.485. The summed E-state index contributed by atoms with van der Waals surface area (Å²) in [6.07, 6.45) is 0. The molecule has 0 amide bonds. The van der Waals surface area contributed by atoms with E-state index in [9.17, 15) is 0 Å². The Hall–Kier alpha value is -0.930. The molecule has 2 atom stereocenters. The summed E-state index contributed by atoms with van der Waals surface area (Å²) in [5, 5.41) is 4.19. The largest absolute Gasteiger partial charge is 0.397 e. The average Bonchev–Trinajstić information content (AvgIpc) is 2.15. The smallest absolute Gasteiger partial charge is 0.0602 e. The Balaban J connectivity index is 2.23. The Morgan fingerprint density at radius 1 is 1.31 bits per heavy atom. The van der Waals surface area contributed by atoms with Crippen molar-refractivity contribution in [2.75, 3.05) is 23.7 Å². The van der Waals surface area contributed by atoms with Gasteiger partial charge in [0.2, 0.25) is 0 Å². The molecule has 0 bridgehead atoms. The third-order valence-electron chi connectivity index (χ3n) is 2.89. The lowest BCUT2D eigenvalue weighted by atomic mass is 10.1. The van der Waals surface area contributed by atoms with Crippen LogP contribution >= 0.6 is 11.6 Å². The maximum Gasteiger partial charge on any atom is 0.0602 e. The molecule has 3 N–H and O–H groups in total. The molecule has 1 fully saturated rings. The highest BCUT2D eigenvalue weighted by Crippen LogP contribution is 2.27. The zero-order valence-electron chi connectivity index (χ0n) is 9.70. The van der Waals surface area contributed by atoms with Gasteiger partial charge in [-0.25, -0.2) is 0 Å². The number of benzene rings is 1. The molecule has 1 aromatic rings. The lowest BCUT2D eigenvalue weighted by molar-refractivity contribution is 0.407. The van der Waals surface area contributed by atoms with E-state index in [0.717, 1.165) is 24.5 Å². The molecule has 1 aromatic carbocycles. The zero-order chi connectivity index (χ0) is 11.7. The average molecular weight is 240 g/mol. The monoisotopic (exact) mass is 239 g/mol. The van der Waals surface area contributed by atoms with Gasteiger partial charge in [-0.15, -0.1) is 0 Å². The second-order valence-electron chi connectivity index (χ2n) is 4.58. The van der Waals surface area contributed by atoms with E-state index in [-0.39, 0.29) is 0 Å². The highest BCUT2D eigenvalue weighted by atomic mass is 35.5. The van der Waals surface area contributed by atoms with Crippen molar-refractivity contribution >= 4 is 23.0 Å². The Kier molecular flexibility index (Phi) is 3.26. The number of hydrogen-bond acceptors (Lipinski definition) is 3. The number of nitrogens with two attached hydrogens (primary N) is 1. The summed E-state index contributed by atoms with van der Waals surface area (Å²) in [7, 11) is 0. The number of rotatable bonds is 1. The first-order valence-corrected chi connectivity index (χ1v) is 6.00. The van der Waals surface area contributed by atoms with E-state index in [1.54, 1.807) is 0 Å². The van der Waals surface area contributed by atoms with Crippen LogP contribution in [0.2, 0.25) is 5.02 Å². The number of hydrogen-bond donors (Lipinski definition) is 2. The third-order valence-corrected chi connectivity index (χ3v) is 3.12. The van der Waals surface area contributed by atoms with Crippen LogP contribution in [0.15, 0.2) is 18.2 Å². The van der Waals surface area contributed by atoms with Gasteiger partial charge in [0, 0.05) is 30.2 Å².